The van der Waals surface area contributed by atoms with Crippen LogP contribution in [0.4, 0.5) is 0 Å². The Labute approximate surface area is 164 Å². The summed E-state index contributed by atoms with van der Waals surface area (Å²) in [5.41, 5.74) is 3.14. The molecule has 6 nitrogen and oxygen atoms in total. The van der Waals surface area contributed by atoms with Crippen molar-refractivity contribution in [3.63, 3.8) is 0 Å². The van der Waals surface area contributed by atoms with Crippen molar-refractivity contribution in [2.45, 2.75) is 32.4 Å². The number of sulfone groups is 1. The van der Waals surface area contributed by atoms with Gasteiger partial charge in [0.2, 0.25) is 5.89 Å². The number of carbonyl (C=O) groups excluding carboxylic acids is 1. The molecule has 2 heterocycles. The number of rotatable bonds is 8. The van der Waals surface area contributed by atoms with E-state index in [0.717, 1.165) is 16.7 Å². The molecule has 0 saturated carbocycles. The lowest BCUT2D eigenvalue weighted by Gasteiger charge is -2.03. The number of benzene rings is 1. The highest BCUT2D eigenvalue weighted by molar-refractivity contribution is 7.91. The van der Waals surface area contributed by atoms with Crippen molar-refractivity contribution < 1.29 is 17.6 Å². The molecular formula is C21H22N2O4S. The van der Waals surface area contributed by atoms with Crippen molar-refractivity contribution in [2.75, 3.05) is 5.75 Å². The third-order valence-electron chi connectivity index (χ3n) is 4.34. The summed E-state index contributed by atoms with van der Waals surface area (Å²) in [5.74, 6) is -0.303. The Morgan fingerprint density at radius 3 is 2.54 bits per heavy atom. The number of carbonyl (C=O) groups is 1. The lowest BCUT2D eigenvalue weighted by molar-refractivity contribution is -0.116. The molecule has 0 saturated heterocycles. The van der Waals surface area contributed by atoms with Gasteiger partial charge in [0, 0.05) is 24.4 Å². The minimum absolute atomic E-state index is 0.164. The Morgan fingerprint density at radius 2 is 1.86 bits per heavy atom. The highest BCUT2D eigenvalue weighted by atomic mass is 32.2. The number of aromatic nitrogens is 2. The molecule has 0 spiro atoms. The molecule has 1 aromatic carbocycles. The summed E-state index contributed by atoms with van der Waals surface area (Å²) in [6, 6.07) is 11.3. The van der Waals surface area contributed by atoms with Crippen molar-refractivity contribution in [2.24, 2.45) is 0 Å². The maximum Gasteiger partial charge on any atom is 0.226 e. The van der Waals surface area contributed by atoms with Crippen molar-refractivity contribution in [3.05, 3.63) is 71.4 Å². The van der Waals surface area contributed by atoms with E-state index in [0.29, 0.717) is 23.8 Å². The molecule has 3 aromatic rings. The average molecular weight is 398 g/mol. The van der Waals surface area contributed by atoms with E-state index >= 15 is 0 Å². The minimum atomic E-state index is -3.62. The SMILES string of the molecule is Cc1ccc(-c2nc(CS(=O)(=O)CC(=O)CCc3cccnc3)c(C)o2)cc1. The fraction of sp³-hybridized carbons (Fsp3) is 0.286. The van der Waals surface area contributed by atoms with Crippen LogP contribution >= 0.6 is 0 Å². The number of Topliss-reactive ketones (excluding diaryl/α,β-unsaturated/α-hetero) is 1. The maximum absolute atomic E-state index is 12.4. The Morgan fingerprint density at radius 1 is 1.11 bits per heavy atom. The van der Waals surface area contributed by atoms with Crippen molar-refractivity contribution >= 4 is 15.6 Å². The van der Waals surface area contributed by atoms with E-state index in [1.807, 2.05) is 37.3 Å². The lowest BCUT2D eigenvalue weighted by Crippen LogP contribution is -2.18. The molecule has 146 valence electrons. The van der Waals surface area contributed by atoms with Crippen LogP contribution in [-0.2, 0) is 26.8 Å². The lowest BCUT2D eigenvalue weighted by atomic mass is 10.1. The molecule has 0 fully saturated rings. The number of pyridine rings is 1. The van der Waals surface area contributed by atoms with Gasteiger partial charge in [-0.15, -0.1) is 0 Å². The molecule has 0 atom stereocenters. The number of hydrogen-bond donors (Lipinski definition) is 0. The van der Waals surface area contributed by atoms with E-state index in [1.165, 1.54) is 0 Å². The molecule has 0 N–H and O–H groups in total. The van der Waals surface area contributed by atoms with Crippen LogP contribution < -0.4 is 0 Å². The van der Waals surface area contributed by atoms with Gasteiger partial charge < -0.3 is 4.42 Å². The first kappa shape index (κ1) is 19.9. The molecule has 0 unspecified atom stereocenters. The largest absolute Gasteiger partial charge is 0.441 e. The summed E-state index contributed by atoms with van der Waals surface area (Å²) in [5, 5.41) is 0. The summed E-state index contributed by atoms with van der Waals surface area (Å²) >= 11 is 0. The van der Waals surface area contributed by atoms with Gasteiger partial charge in [-0.2, -0.15) is 0 Å². The van der Waals surface area contributed by atoms with E-state index < -0.39 is 15.6 Å². The first-order chi connectivity index (χ1) is 13.3. The van der Waals surface area contributed by atoms with Crippen molar-refractivity contribution in [3.8, 4) is 11.5 Å². The van der Waals surface area contributed by atoms with E-state index in [4.69, 9.17) is 4.42 Å². The standard InChI is InChI=1S/C21H22N2O4S/c1-15-5-8-18(9-6-15)21-23-20(16(2)27-21)14-28(25,26)13-19(24)10-7-17-4-3-11-22-12-17/h3-6,8-9,11-12H,7,10,13-14H2,1-2H3. The molecule has 3 rings (SSSR count). The first-order valence-corrected chi connectivity index (χ1v) is 10.8. The van der Waals surface area contributed by atoms with Crippen molar-refractivity contribution in [1.29, 1.82) is 0 Å². The fourth-order valence-corrected chi connectivity index (χ4v) is 4.21. The van der Waals surface area contributed by atoms with Crippen LogP contribution in [-0.4, -0.2) is 29.9 Å². The molecule has 0 aliphatic heterocycles. The Hall–Kier alpha value is -2.80. The smallest absolute Gasteiger partial charge is 0.226 e. The van der Waals surface area contributed by atoms with Crippen LogP contribution in [0.15, 0.2) is 53.2 Å². The maximum atomic E-state index is 12.4. The summed E-state index contributed by atoms with van der Waals surface area (Å²) in [6.07, 6.45) is 3.97. The molecule has 7 heteroatoms. The number of hydrogen-bond acceptors (Lipinski definition) is 6. The van der Waals surface area contributed by atoms with E-state index in [9.17, 15) is 13.2 Å². The molecule has 0 aliphatic rings. The van der Waals surface area contributed by atoms with E-state index in [1.54, 1.807) is 25.4 Å². The van der Waals surface area contributed by atoms with Gasteiger partial charge in [0.25, 0.3) is 0 Å². The zero-order chi connectivity index (χ0) is 20.1. The van der Waals surface area contributed by atoms with E-state index in [2.05, 4.69) is 9.97 Å². The van der Waals surface area contributed by atoms with Gasteiger partial charge in [-0.3, -0.25) is 9.78 Å². The molecule has 0 amide bonds. The molecule has 0 radical (unpaired) electrons. The summed E-state index contributed by atoms with van der Waals surface area (Å²) < 4.78 is 30.5. The first-order valence-electron chi connectivity index (χ1n) is 8.97. The van der Waals surface area contributed by atoms with Crippen LogP contribution in [0.5, 0.6) is 0 Å². The Balaban J connectivity index is 1.63. The average Bonchev–Trinajstić information content (AvgIpc) is 3.01. The summed E-state index contributed by atoms with van der Waals surface area (Å²) in [7, 11) is -3.62. The van der Waals surface area contributed by atoms with Gasteiger partial charge in [0.15, 0.2) is 9.84 Å². The van der Waals surface area contributed by atoms with Crippen LogP contribution in [0, 0.1) is 13.8 Å². The zero-order valence-electron chi connectivity index (χ0n) is 15.9. The van der Waals surface area contributed by atoms with Crippen LogP contribution in [0.3, 0.4) is 0 Å². The van der Waals surface area contributed by atoms with Gasteiger partial charge in [0.1, 0.15) is 17.3 Å². The minimum Gasteiger partial charge on any atom is -0.441 e. The molecular weight excluding hydrogens is 376 g/mol. The topological polar surface area (TPSA) is 90.1 Å². The highest BCUT2D eigenvalue weighted by Gasteiger charge is 2.22. The second-order valence-electron chi connectivity index (χ2n) is 6.82. The van der Waals surface area contributed by atoms with Crippen LogP contribution in [0.1, 0.15) is 29.0 Å². The van der Waals surface area contributed by atoms with Crippen LogP contribution in [0.2, 0.25) is 0 Å². The predicted molar refractivity (Wildman–Crippen MR) is 106 cm³/mol. The number of nitrogens with zero attached hydrogens (tertiary/aromatic N) is 2. The highest BCUT2D eigenvalue weighted by Crippen LogP contribution is 2.23. The van der Waals surface area contributed by atoms with Gasteiger partial charge in [0.05, 0.1) is 11.4 Å². The normalized spacial score (nSPS) is 11.5. The predicted octanol–water partition coefficient (Wildman–Crippen LogP) is 3.47. The second-order valence-corrected chi connectivity index (χ2v) is 8.88. The van der Waals surface area contributed by atoms with Gasteiger partial charge in [-0.25, -0.2) is 13.4 Å². The third-order valence-corrected chi connectivity index (χ3v) is 5.82. The van der Waals surface area contributed by atoms with Gasteiger partial charge in [-0.05, 0) is 44.0 Å². The summed E-state index contributed by atoms with van der Waals surface area (Å²) in [4.78, 5) is 20.4. The number of ketones is 1. The molecule has 0 bridgehead atoms. The Bertz CT molecular complexity index is 1060. The monoisotopic (exact) mass is 398 g/mol. The van der Waals surface area contributed by atoms with E-state index in [-0.39, 0.29) is 18.0 Å². The van der Waals surface area contributed by atoms with Gasteiger partial charge >= 0.3 is 0 Å². The van der Waals surface area contributed by atoms with Gasteiger partial charge in [-0.1, -0.05) is 23.8 Å². The number of aryl methyl sites for hydroxylation is 3. The second kappa shape index (κ2) is 8.48. The number of oxazole rings is 1. The fourth-order valence-electron chi connectivity index (χ4n) is 2.79. The Kier molecular flexibility index (Phi) is 6.04. The third kappa shape index (κ3) is 5.36. The molecule has 2 aromatic heterocycles. The summed E-state index contributed by atoms with van der Waals surface area (Å²) in [6.45, 7) is 3.66. The molecule has 28 heavy (non-hydrogen) atoms. The van der Waals surface area contributed by atoms with Crippen molar-refractivity contribution in [1.82, 2.24) is 9.97 Å². The quantitative estimate of drug-likeness (QED) is 0.577. The molecule has 0 aliphatic carbocycles. The zero-order valence-corrected chi connectivity index (χ0v) is 16.7. The van der Waals surface area contributed by atoms with Crippen LogP contribution in [0.25, 0.3) is 11.5 Å².